The topological polar surface area (TPSA) is 112 Å². The zero-order chi connectivity index (χ0) is 19.3. The Morgan fingerprint density at radius 3 is 2.70 bits per heavy atom. The number of aliphatic hydroxyl groups is 1. The SMILES string of the molecule is Cc1c(-c2ccc(S(=O)(=O)N3CCC(O)C3)cc2Cl)ccc2[nH]nc(N)c12. The predicted octanol–water partition coefficient (Wildman–Crippen LogP) is 2.53. The lowest BCUT2D eigenvalue weighted by atomic mass is 9.97. The summed E-state index contributed by atoms with van der Waals surface area (Å²) in [4.78, 5) is 0.118. The van der Waals surface area contributed by atoms with Gasteiger partial charge < -0.3 is 10.8 Å². The summed E-state index contributed by atoms with van der Waals surface area (Å²) in [5.74, 6) is 0.410. The van der Waals surface area contributed by atoms with Crippen molar-refractivity contribution in [3.8, 4) is 11.1 Å². The molecule has 27 heavy (non-hydrogen) atoms. The Morgan fingerprint density at radius 1 is 1.30 bits per heavy atom. The van der Waals surface area contributed by atoms with Crippen molar-refractivity contribution in [2.24, 2.45) is 0 Å². The Morgan fingerprint density at radius 2 is 2.04 bits per heavy atom. The molecule has 1 saturated heterocycles. The van der Waals surface area contributed by atoms with Gasteiger partial charge in [-0.3, -0.25) is 5.10 Å². The molecule has 1 aromatic heterocycles. The van der Waals surface area contributed by atoms with Gasteiger partial charge in [0.15, 0.2) is 5.82 Å². The van der Waals surface area contributed by atoms with Crippen molar-refractivity contribution in [1.29, 1.82) is 0 Å². The molecule has 142 valence electrons. The zero-order valence-electron chi connectivity index (χ0n) is 14.6. The van der Waals surface area contributed by atoms with Crippen LogP contribution in [0.5, 0.6) is 0 Å². The number of aromatic amines is 1. The molecule has 0 saturated carbocycles. The first kappa shape index (κ1) is 18.2. The highest BCUT2D eigenvalue weighted by Crippen LogP contribution is 2.36. The quantitative estimate of drug-likeness (QED) is 0.618. The normalized spacial score (nSPS) is 18.4. The van der Waals surface area contributed by atoms with Crippen LogP contribution in [0.2, 0.25) is 5.02 Å². The third-order valence-electron chi connectivity index (χ3n) is 5.01. The summed E-state index contributed by atoms with van der Waals surface area (Å²) in [5, 5.41) is 17.7. The van der Waals surface area contributed by atoms with Crippen molar-refractivity contribution < 1.29 is 13.5 Å². The van der Waals surface area contributed by atoms with Gasteiger partial charge in [-0.05, 0) is 42.7 Å². The van der Waals surface area contributed by atoms with Crippen molar-refractivity contribution in [2.45, 2.75) is 24.3 Å². The second kappa shape index (κ2) is 6.49. The molecule has 0 spiro atoms. The lowest BCUT2D eigenvalue weighted by Gasteiger charge is -2.17. The summed E-state index contributed by atoms with van der Waals surface area (Å²) in [6, 6.07) is 8.48. The minimum Gasteiger partial charge on any atom is -0.392 e. The number of nitrogens with zero attached hydrogens (tertiary/aromatic N) is 2. The number of aliphatic hydroxyl groups excluding tert-OH is 1. The highest BCUT2D eigenvalue weighted by molar-refractivity contribution is 7.89. The Hall–Kier alpha value is -2.13. The minimum absolute atomic E-state index is 0.108. The second-order valence-electron chi connectivity index (χ2n) is 6.72. The van der Waals surface area contributed by atoms with Gasteiger partial charge in [0, 0.05) is 29.1 Å². The molecule has 1 fully saturated rings. The largest absolute Gasteiger partial charge is 0.392 e. The Balaban J connectivity index is 1.77. The van der Waals surface area contributed by atoms with Gasteiger partial charge in [-0.1, -0.05) is 23.7 Å². The summed E-state index contributed by atoms with van der Waals surface area (Å²) in [6.07, 6.45) is -0.180. The third kappa shape index (κ3) is 2.98. The minimum atomic E-state index is -3.68. The zero-order valence-corrected chi connectivity index (χ0v) is 16.2. The number of hydrogen-bond acceptors (Lipinski definition) is 5. The van der Waals surface area contributed by atoms with E-state index in [0.29, 0.717) is 23.8 Å². The number of benzene rings is 2. The molecule has 0 bridgehead atoms. The number of nitrogen functional groups attached to an aromatic ring is 1. The van der Waals surface area contributed by atoms with Crippen LogP contribution in [0.4, 0.5) is 5.82 Å². The Labute approximate surface area is 161 Å². The number of rotatable bonds is 3. The number of sulfonamides is 1. The fourth-order valence-corrected chi connectivity index (χ4v) is 5.42. The number of β-amino-alcohol motifs (C(OH)–C–C–N with tert-alkyl or cyclic N) is 1. The maximum absolute atomic E-state index is 12.8. The van der Waals surface area contributed by atoms with Crippen molar-refractivity contribution in [2.75, 3.05) is 18.8 Å². The molecular weight excluding hydrogens is 388 g/mol. The average molecular weight is 407 g/mol. The molecule has 2 aromatic carbocycles. The molecule has 1 atom stereocenters. The van der Waals surface area contributed by atoms with Crippen LogP contribution in [0.3, 0.4) is 0 Å². The number of anilines is 1. The molecule has 4 N–H and O–H groups in total. The van der Waals surface area contributed by atoms with Gasteiger partial charge in [0.2, 0.25) is 10.0 Å². The van der Waals surface area contributed by atoms with Gasteiger partial charge in [-0.25, -0.2) is 8.42 Å². The summed E-state index contributed by atoms with van der Waals surface area (Å²) in [5.41, 5.74) is 9.27. The van der Waals surface area contributed by atoms with Crippen molar-refractivity contribution in [3.63, 3.8) is 0 Å². The number of nitrogens with one attached hydrogen (secondary N) is 1. The highest BCUT2D eigenvalue weighted by atomic mass is 35.5. The van der Waals surface area contributed by atoms with E-state index in [0.717, 1.165) is 27.6 Å². The first-order chi connectivity index (χ1) is 12.8. The molecule has 7 nitrogen and oxygen atoms in total. The lowest BCUT2D eigenvalue weighted by Crippen LogP contribution is -2.29. The van der Waals surface area contributed by atoms with Gasteiger partial charge in [0.25, 0.3) is 0 Å². The van der Waals surface area contributed by atoms with E-state index in [1.807, 2.05) is 19.1 Å². The van der Waals surface area contributed by atoms with E-state index in [1.165, 1.54) is 10.4 Å². The standard InChI is InChI=1S/C18H19ClN4O3S/c1-10-13(4-5-16-17(10)18(20)22-21-16)14-3-2-12(8-15(14)19)27(25,26)23-7-6-11(24)9-23/h2-5,8,11,24H,6-7,9H2,1H3,(H3,20,21,22). The number of aryl methyl sites for hydroxylation is 1. The molecule has 9 heteroatoms. The molecule has 1 unspecified atom stereocenters. The molecule has 0 amide bonds. The van der Waals surface area contributed by atoms with Gasteiger partial charge in [0.05, 0.1) is 16.5 Å². The van der Waals surface area contributed by atoms with Gasteiger partial charge >= 0.3 is 0 Å². The molecule has 0 aliphatic carbocycles. The Kier molecular flexibility index (Phi) is 4.38. The lowest BCUT2D eigenvalue weighted by molar-refractivity contribution is 0.189. The average Bonchev–Trinajstić information content (AvgIpc) is 3.22. The first-order valence-electron chi connectivity index (χ1n) is 8.50. The van der Waals surface area contributed by atoms with E-state index in [4.69, 9.17) is 17.3 Å². The highest BCUT2D eigenvalue weighted by Gasteiger charge is 2.32. The number of fused-ring (bicyclic) bond motifs is 1. The van der Waals surface area contributed by atoms with E-state index >= 15 is 0 Å². The van der Waals surface area contributed by atoms with Crippen LogP contribution in [0, 0.1) is 6.92 Å². The fourth-order valence-electron chi connectivity index (χ4n) is 3.56. The molecular formula is C18H19ClN4O3S. The maximum atomic E-state index is 12.8. The van der Waals surface area contributed by atoms with E-state index in [9.17, 15) is 13.5 Å². The molecule has 1 aliphatic heterocycles. The van der Waals surface area contributed by atoms with Crippen LogP contribution in [-0.2, 0) is 10.0 Å². The van der Waals surface area contributed by atoms with Crippen LogP contribution in [0.1, 0.15) is 12.0 Å². The van der Waals surface area contributed by atoms with Gasteiger partial charge in [-0.15, -0.1) is 0 Å². The fraction of sp³-hybridized carbons (Fsp3) is 0.278. The number of halogens is 1. The number of aromatic nitrogens is 2. The second-order valence-corrected chi connectivity index (χ2v) is 9.06. The van der Waals surface area contributed by atoms with E-state index < -0.39 is 16.1 Å². The van der Waals surface area contributed by atoms with Crippen molar-refractivity contribution in [3.05, 3.63) is 40.9 Å². The van der Waals surface area contributed by atoms with E-state index in [-0.39, 0.29) is 11.4 Å². The third-order valence-corrected chi connectivity index (χ3v) is 7.19. The van der Waals surface area contributed by atoms with Crippen LogP contribution in [-0.4, -0.2) is 47.2 Å². The molecule has 4 rings (SSSR count). The first-order valence-corrected chi connectivity index (χ1v) is 10.3. The predicted molar refractivity (Wildman–Crippen MR) is 105 cm³/mol. The summed E-state index contributed by atoms with van der Waals surface area (Å²) in [6.45, 7) is 2.34. The number of H-pyrrole nitrogens is 1. The number of nitrogens with two attached hydrogens (primary N) is 1. The van der Waals surface area contributed by atoms with E-state index in [2.05, 4.69) is 10.2 Å². The van der Waals surface area contributed by atoms with Crippen LogP contribution in [0.25, 0.3) is 22.0 Å². The summed E-state index contributed by atoms with van der Waals surface area (Å²) < 4.78 is 26.8. The molecule has 0 radical (unpaired) electrons. The van der Waals surface area contributed by atoms with Crippen LogP contribution < -0.4 is 5.73 Å². The summed E-state index contributed by atoms with van der Waals surface area (Å²) in [7, 11) is -3.68. The molecule has 2 heterocycles. The van der Waals surface area contributed by atoms with Crippen molar-refractivity contribution in [1.82, 2.24) is 14.5 Å². The molecule has 1 aliphatic rings. The van der Waals surface area contributed by atoms with Crippen LogP contribution in [0.15, 0.2) is 35.2 Å². The monoisotopic (exact) mass is 406 g/mol. The summed E-state index contributed by atoms with van der Waals surface area (Å²) >= 11 is 6.46. The van der Waals surface area contributed by atoms with Crippen LogP contribution >= 0.6 is 11.6 Å². The maximum Gasteiger partial charge on any atom is 0.243 e. The number of hydrogen-bond donors (Lipinski definition) is 3. The van der Waals surface area contributed by atoms with E-state index in [1.54, 1.807) is 12.1 Å². The smallest absolute Gasteiger partial charge is 0.243 e. The van der Waals surface area contributed by atoms with Crippen molar-refractivity contribution >= 4 is 38.3 Å². The van der Waals surface area contributed by atoms with Gasteiger partial charge in [-0.2, -0.15) is 9.40 Å². The van der Waals surface area contributed by atoms with Gasteiger partial charge in [0.1, 0.15) is 0 Å². The Bertz CT molecular complexity index is 1140. The molecule has 3 aromatic rings.